The van der Waals surface area contributed by atoms with Gasteiger partial charge in [-0.2, -0.15) is 0 Å². The number of carbonyl (C=O) groups excluding carboxylic acids is 1. The summed E-state index contributed by atoms with van der Waals surface area (Å²) in [6, 6.07) is 9.85. The standard InChI is InChI=1S/C13H11BrN2O4S2/c14-11-4-5-12(21-11)22(18,19)15-9-2-1-3-10(8-9)16-6-7-20-13(16)17/h1-5,8,15H,6-7H2. The molecule has 2 heterocycles. The molecule has 2 aromatic rings. The van der Waals surface area contributed by atoms with Crippen LogP contribution in [0.3, 0.4) is 0 Å². The quantitative estimate of drug-likeness (QED) is 0.851. The normalized spacial score (nSPS) is 15.0. The van der Waals surface area contributed by atoms with Crippen molar-refractivity contribution in [2.24, 2.45) is 0 Å². The van der Waals surface area contributed by atoms with Crippen LogP contribution < -0.4 is 9.62 Å². The van der Waals surface area contributed by atoms with Gasteiger partial charge in [0.05, 0.1) is 16.0 Å². The fourth-order valence-electron chi connectivity index (χ4n) is 2.01. The molecule has 22 heavy (non-hydrogen) atoms. The highest BCUT2D eigenvalue weighted by atomic mass is 79.9. The van der Waals surface area contributed by atoms with Gasteiger partial charge in [-0.3, -0.25) is 9.62 Å². The molecule has 1 aliphatic heterocycles. The lowest BCUT2D eigenvalue weighted by molar-refractivity contribution is 0.181. The zero-order valence-electron chi connectivity index (χ0n) is 11.2. The summed E-state index contributed by atoms with van der Waals surface area (Å²) in [5.41, 5.74) is 0.983. The molecule has 0 bridgehead atoms. The predicted molar refractivity (Wildman–Crippen MR) is 88.0 cm³/mol. The Labute approximate surface area is 139 Å². The average molecular weight is 403 g/mol. The first-order chi connectivity index (χ1) is 10.5. The Morgan fingerprint density at radius 2 is 2.09 bits per heavy atom. The van der Waals surface area contributed by atoms with Gasteiger partial charge in [0.2, 0.25) is 0 Å². The highest BCUT2D eigenvalue weighted by molar-refractivity contribution is 9.11. The lowest BCUT2D eigenvalue weighted by Gasteiger charge is -2.14. The van der Waals surface area contributed by atoms with Crippen LogP contribution in [0.15, 0.2) is 44.4 Å². The van der Waals surface area contributed by atoms with E-state index in [1.807, 2.05) is 0 Å². The Bertz CT molecular complexity index is 819. The number of nitrogens with one attached hydrogen (secondary N) is 1. The van der Waals surface area contributed by atoms with Crippen LogP contribution in [-0.4, -0.2) is 27.7 Å². The number of hydrogen-bond donors (Lipinski definition) is 1. The Balaban J connectivity index is 1.85. The van der Waals surface area contributed by atoms with Gasteiger partial charge in [0.25, 0.3) is 10.0 Å². The van der Waals surface area contributed by atoms with Crippen molar-refractivity contribution in [3.63, 3.8) is 0 Å². The first-order valence-corrected chi connectivity index (χ1v) is 9.37. The minimum absolute atomic E-state index is 0.213. The third kappa shape index (κ3) is 3.11. The van der Waals surface area contributed by atoms with E-state index in [9.17, 15) is 13.2 Å². The number of hydrogen-bond acceptors (Lipinski definition) is 5. The summed E-state index contributed by atoms with van der Waals surface area (Å²) in [6.07, 6.45) is -0.429. The van der Waals surface area contributed by atoms with Crippen molar-refractivity contribution in [3.8, 4) is 0 Å². The summed E-state index contributed by atoms with van der Waals surface area (Å²) in [4.78, 5) is 13.0. The fourth-order valence-corrected chi connectivity index (χ4v) is 5.07. The predicted octanol–water partition coefficient (Wildman–Crippen LogP) is 3.27. The van der Waals surface area contributed by atoms with E-state index < -0.39 is 16.1 Å². The van der Waals surface area contributed by atoms with E-state index in [1.54, 1.807) is 30.3 Å². The van der Waals surface area contributed by atoms with Crippen molar-refractivity contribution in [3.05, 3.63) is 40.2 Å². The fraction of sp³-hybridized carbons (Fsp3) is 0.154. The van der Waals surface area contributed by atoms with Crippen molar-refractivity contribution >= 4 is 54.8 Å². The third-order valence-corrected chi connectivity index (χ3v) is 6.48. The van der Waals surface area contributed by atoms with Gasteiger partial charge in [-0.25, -0.2) is 13.2 Å². The van der Waals surface area contributed by atoms with Crippen molar-refractivity contribution in [1.29, 1.82) is 0 Å². The smallest absolute Gasteiger partial charge is 0.414 e. The van der Waals surface area contributed by atoms with Gasteiger partial charge in [-0.15, -0.1) is 11.3 Å². The molecule has 1 aliphatic rings. The maximum atomic E-state index is 12.3. The Morgan fingerprint density at radius 1 is 1.27 bits per heavy atom. The highest BCUT2D eigenvalue weighted by Gasteiger charge is 2.24. The molecule has 0 aliphatic carbocycles. The van der Waals surface area contributed by atoms with Crippen molar-refractivity contribution in [2.45, 2.75) is 4.21 Å². The number of sulfonamides is 1. The van der Waals surface area contributed by atoms with Crippen LogP contribution in [0.4, 0.5) is 16.2 Å². The minimum atomic E-state index is -3.64. The van der Waals surface area contributed by atoms with Gasteiger partial charge in [-0.05, 0) is 46.3 Å². The third-order valence-electron chi connectivity index (χ3n) is 2.98. The van der Waals surface area contributed by atoms with Crippen LogP contribution in [0, 0.1) is 0 Å². The number of rotatable bonds is 4. The van der Waals surface area contributed by atoms with E-state index in [2.05, 4.69) is 20.7 Å². The average Bonchev–Trinajstić information content (AvgIpc) is 3.07. The molecule has 0 saturated carbocycles. The largest absolute Gasteiger partial charge is 0.447 e. The molecule has 116 valence electrons. The van der Waals surface area contributed by atoms with Crippen LogP contribution in [0.25, 0.3) is 0 Å². The molecule has 1 N–H and O–H groups in total. The summed E-state index contributed by atoms with van der Waals surface area (Å²) in [6.45, 7) is 0.783. The van der Waals surface area contributed by atoms with Crippen LogP contribution in [0.5, 0.6) is 0 Å². The first-order valence-electron chi connectivity index (χ1n) is 6.28. The number of anilines is 2. The van der Waals surface area contributed by atoms with Gasteiger partial charge in [0.1, 0.15) is 10.8 Å². The molecule has 1 amide bonds. The van der Waals surface area contributed by atoms with Crippen LogP contribution in [-0.2, 0) is 14.8 Å². The van der Waals surface area contributed by atoms with Crippen LogP contribution in [0.1, 0.15) is 0 Å². The van der Waals surface area contributed by atoms with E-state index in [-0.39, 0.29) is 4.21 Å². The van der Waals surface area contributed by atoms with Gasteiger partial charge >= 0.3 is 6.09 Å². The van der Waals surface area contributed by atoms with E-state index >= 15 is 0 Å². The number of benzene rings is 1. The van der Waals surface area contributed by atoms with Crippen molar-refractivity contribution in [1.82, 2.24) is 0 Å². The maximum absolute atomic E-state index is 12.3. The monoisotopic (exact) mass is 402 g/mol. The molecule has 1 fully saturated rings. The number of carbonyl (C=O) groups is 1. The van der Waals surface area contributed by atoms with E-state index in [0.717, 1.165) is 15.1 Å². The number of cyclic esters (lactones) is 1. The number of ether oxygens (including phenoxy) is 1. The zero-order valence-corrected chi connectivity index (χ0v) is 14.4. The van der Waals surface area contributed by atoms with Crippen LogP contribution in [0.2, 0.25) is 0 Å². The van der Waals surface area contributed by atoms with Crippen molar-refractivity contribution < 1.29 is 17.9 Å². The van der Waals surface area contributed by atoms with Crippen LogP contribution >= 0.6 is 27.3 Å². The summed E-state index contributed by atoms with van der Waals surface area (Å²) < 4.78 is 32.9. The second-order valence-electron chi connectivity index (χ2n) is 4.48. The summed E-state index contributed by atoms with van der Waals surface area (Å²) >= 11 is 4.37. The molecule has 9 heteroatoms. The van der Waals surface area contributed by atoms with Gasteiger partial charge < -0.3 is 4.74 Å². The molecular weight excluding hydrogens is 392 g/mol. The molecule has 1 aromatic heterocycles. The number of amides is 1. The number of halogens is 1. The molecule has 3 rings (SSSR count). The van der Waals surface area contributed by atoms with E-state index in [1.165, 1.54) is 11.0 Å². The molecule has 0 unspecified atom stereocenters. The van der Waals surface area contributed by atoms with Gasteiger partial charge in [-0.1, -0.05) is 6.07 Å². The lowest BCUT2D eigenvalue weighted by atomic mass is 10.2. The maximum Gasteiger partial charge on any atom is 0.414 e. The zero-order chi connectivity index (χ0) is 15.7. The second-order valence-corrected chi connectivity index (χ2v) is 8.85. The highest BCUT2D eigenvalue weighted by Crippen LogP contribution is 2.29. The Hall–Kier alpha value is -1.58. The molecule has 0 radical (unpaired) electrons. The lowest BCUT2D eigenvalue weighted by Crippen LogP contribution is -2.23. The molecular formula is C13H11BrN2O4S2. The van der Waals surface area contributed by atoms with Crippen molar-refractivity contribution in [2.75, 3.05) is 22.8 Å². The van der Waals surface area contributed by atoms with E-state index in [4.69, 9.17) is 4.74 Å². The molecule has 6 nitrogen and oxygen atoms in total. The molecule has 0 spiro atoms. The SMILES string of the molecule is O=C1OCCN1c1cccc(NS(=O)(=O)c2ccc(Br)s2)c1. The number of nitrogens with zero attached hydrogens (tertiary/aromatic N) is 1. The van der Waals surface area contributed by atoms with E-state index in [0.29, 0.717) is 24.5 Å². The summed E-state index contributed by atoms with van der Waals surface area (Å²) in [5.74, 6) is 0. The topological polar surface area (TPSA) is 75.7 Å². The second kappa shape index (κ2) is 5.90. The Morgan fingerprint density at radius 3 is 2.73 bits per heavy atom. The minimum Gasteiger partial charge on any atom is -0.447 e. The molecule has 0 atom stereocenters. The van der Waals surface area contributed by atoms with Gasteiger partial charge in [0.15, 0.2) is 0 Å². The first kappa shape index (κ1) is 15.3. The molecule has 1 aromatic carbocycles. The summed E-state index contributed by atoms with van der Waals surface area (Å²) in [7, 11) is -3.64. The Kier molecular flexibility index (Phi) is 4.11. The number of thiophene rings is 1. The molecule has 1 saturated heterocycles. The summed E-state index contributed by atoms with van der Waals surface area (Å²) in [5, 5.41) is 0. The van der Waals surface area contributed by atoms with Gasteiger partial charge in [0, 0.05) is 5.69 Å².